The molecule has 41 heavy (non-hydrogen) atoms. The van der Waals surface area contributed by atoms with Gasteiger partial charge in [-0.2, -0.15) is 0 Å². The zero-order valence-electron chi connectivity index (χ0n) is 25.4. The van der Waals surface area contributed by atoms with Gasteiger partial charge >= 0.3 is 0 Å². The zero-order valence-corrected chi connectivity index (χ0v) is 25.4. The third-order valence-corrected chi connectivity index (χ3v) is 7.78. The number of nitrogens with two attached hydrogens (primary N) is 1. The monoisotopic (exact) mass is 572 g/mol. The summed E-state index contributed by atoms with van der Waals surface area (Å²) < 4.78 is 27.5. The van der Waals surface area contributed by atoms with Gasteiger partial charge in [-0.25, -0.2) is 0 Å². The molecule has 1 amide bonds. The standard InChI is InChI=1S/C32H48N2O7/c1-20(2)23(15-22-11-12-28(38-6)30(16-22)39-14-8-13-37-5)17-25(33)27(35)18-24(21(3)4)32(36)34-26-9-7-10-29-31(26)41-19-40-29/h7,9-12,16,20-21,23-25,27,35H,8,13-15,17-19,33H2,1-6H3,(H,34,36). The fourth-order valence-electron chi connectivity index (χ4n) is 5.12. The molecule has 0 spiro atoms. The fourth-order valence-corrected chi connectivity index (χ4v) is 5.12. The first-order chi connectivity index (χ1) is 19.6. The van der Waals surface area contributed by atoms with Gasteiger partial charge in [0.15, 0.2) is 23.0 Å². The molecule has 1 heterocycles. The van der Waals surface area contributed by atoms with Crippen LogP contribution in [0.1, 0.15) is 52.5 Å². The molecular formula is C32H48N2O7. The van der Waals surface area contributed by atoms with E-state index in [1.807, 2.05) is 38.1 Å². The lowest BCUT2D eigenvalue weighted by Gasteiger charge is -2.30. The van der Waals surface area contributed by atoms with E-state index in [1.165, 1.54) is 0 Å². The van der Waals surface area contributed by atoms with Crippen molar-refractivity contribution in [2.45, 2.75) is 65.5 Å². The van der Waals surface area contributed by atoms with Crippen molar-refractivity contribution in [3.8, 4) is 23.0 Å². The van der Waals surface area contributed by atoms with E-state index in [9.17, 15) is 9.90 Å². The van der Waals surface area contributed by atoms with Crippen LogP contribution in [0.25, 0.3) is 0 Å². The Balaban J connectivity index is 1.63. The molecule has 0 bridgehead atoms. The Kier molecular flexibility index (Phi) is 12.6. The molecule has 4 atom stereocenters. The molecule has 0 fully saturated rings. The van der Waals surface area contributed by atoms with Gasteiger partial charge in [0.1, 0.15) is 0 Å². The first kappa shape index (κ1) is 32.5. The number of anilines is 1. The summed E-state index contributed by atoms with van der Waals surface area (Å²) in [6.45, 7) is 9.60. The smallest absolute Gasteiger partial charge is 0.231 e. The van der Waals surface area contributed by atoms with Crippen LogP contribution in [0.3, 0.4) is 0 Å². The molecule has 1 aliphatic heterocycles. The number of aliphatic hydroxyl groups excluding tert-OH is 1. The first-order valence-electron chi connectivity index (χ1n) is 14.6. The molecule has 0 saturated heterocycles. The van der Waals surface area contributed by atoms with E-state index in [0.717, 1.165) is 18.4 Å². The minimum atomic E-state index is -0.828. The zero-order chi connectivity index (χ0) is 29.9. The normalized spacial score (nSPS) is 15.5. The Labute approximate surface area is 244 Å². The molecule has 0 saturated carbocycles. The lowest BCUT2D eigenvalue weighted by atomic mass is 9.81. The minimum absolute atomic E-state index is 0.00767. The maximum absolute atomic E-state index is 13.3. The average molecular weight is 573 g/mol. The van der Waals surface area contributed by atoms with Gasteiger partial charge in [-0.15, -0.1) is 0 Å². The maximum atomic E-state index is 13.3. The van der Waals surface area contributed by atoms with Crippen LogP contribution in [0.4, 0.5) is 5.69 Å². The first-order valence-corrected chi connectivity index (χ1v) is 14.6. The van der Waals surface area contributed by atoms with Gasteiger partial charge in [-0.3, -0.25) is 4.79 Å². The lowest BCUT2D eigenvalue weighted by molar-refractivity contribution is -0.122. The minimum Gasteiger partial charge on any atom is -0.493 e. The number of hydrogen-bond donors (Lipinski definition) is 3. The van der Waals surface area contributed by atoms with Crippen LogP contribution in [0.15, 0.2) is 36.4 Å². The Bertz CT molecular complexity index is 1110. The van der Waals surface area contributed by atoms with Gasteiger partial charge in [0.2, 0.25) is 12.7 Å². The molecule has 3 rings (SSSR count). The molecule has 0 aliphatic carbocycles. The predicted octanol–water partition coefficient (Wildman–Crippen LogP) is 5.03. The topological polar surface area (TPSA) is 122 Å². The molecule has 0 radical (unpaired) electrons. The molecule has 9 nitrogen and oxygen atoms in total. The van der Waals surface area contributed by atoms with Crippen molar-refractivity contribution in [2.75, 3.05) is 39.5 Å². The summed E-state index contributed by atoms with van der Waals surface area (Å²) in [5, 5.41) is 14.1. The third kappa shape index (κ3) is 9.24. The number of ether oxygens (including phenoxy) is 5. The second-order valence-corrected chi connectivity index (χ2v) is 11.5. The molecule has 0 aromatic heterocycles. The quantitative estimate of drug-likeness (QED) is 0.226. The molecule has 4 unspecified atom stereocenters. The predicted molar refractivity (Wildman–Crippen MR) is 160 cm³/mol. The molecule has 9 heteroatoms. The van der Waals surface area contributed by atoms with E-state index < -0.39 is 18.1 Å². The number of hydrogen-bond acceptors (Lipinski definition) is 8. The van der Waals surface area contributed by atoms with Gasteiger partial charge in [0.25, 0.3) is 0 Å². The van der Waals surface area contributed by atoms with Gasteiger partial charge in [-0.05, 0) is 66.8 Å². The fraction of sp³-hybridized carbons (Fsp3) is 0.594. The van der Waals surface area contributed by atoms with E-state index in [2.05, 4.69) is 19.2 Å². The van der Waals surface area contributed by atoms with E-state index >= 15 is 0 Å². The van der Waals surface area contributed by atoms with Crippen molar-refractivity contribution in [1.82, 2.24) is 0 Å². The highest BCUT2D eigenvalue weighted by Gasteiger charge is 2.31. The van der Waals surface area contributed by atoms with Gasteiger partial charge < -0.3 is 39.8 Å². The van der Waals surface area contributed by atoms with Crippen molar-refractivity contribution < 1.29 is 33.6 Å². The van der Waals surface area contributed by atoms with Crippen molar-refractivity contribution in [3.63, 3.8) is 0 Å². The number of rotatable bonds is 17. The van der Waals surface area contributed by atoms with Gasteiger partial charge in [-0.1, -0.05) is 39.8 Å². The van der Waals surface area contributed by atoms with Crippen molar-refractivity contribution >= 4 is 11.6 Å². The third-order valence-electron chi connectivity index (χ3n) is 7.78. The summed E-state index contributed by atoms with van der Waals surface area (Å²) in [4.78, 5) is 13.3. The number of fused-ring (bicyclic) bond motifs is 1. The van der Waals surface area contributed by atoms with Crippen LogP contribution in [-0.4, -0.2) is 57.4 Å². The number of aliphatic hydroxyl groups is 1. The maximum Gasteiger partial charge on any atom is 0.231 e. The lowest BCUT2D eigenvalue weighted by Crippen LogP contribution is -2.41. The van der Waals surface area contributed by atoms with Gasteiger partial charge in [0, 0.05) is 32.1 Å². The second-order valence-electron chi connectivity index (χ2n) is 11.5. The summed E-state index contributed by atoms with van der Waals surface area (Å²) in [6.07, 6.45) is 1.64. The molecule has 228 valence electrons. The van der Waals surface area contributed by atoms with E-state index in [0.29, 0.717) is 54.2 Å². The number of amides is 1. The summed E-state index contributed by atoms with van der Waals surface area (Å²) in [5.74, 6) is 2.51. The number of carbonyl (C=O) groups excluding carboxylic acids is 1. The number of para-hydroxylation sites is 1. The Hall–Kier alpha value is -3.01. The summed E-state index contributed by atoms with van der Waals surface area (Å²) >= 11 is 0. The number of carbonyl (C=O) groups is 1. The second kappa shape index (κ2) is 15.8. The van der Waals surface area contributed by atoms with E-state index in [4.69, 9.17) is 29.4 Å². The van der Waals surface area contributed by atoms with Crippen molar-refractivity contribution in [2.24, 2.45) is 29.4 Å². The highest BCUT2D eigenvalue weighted by Crippen LogP contribution is 2.39. The van der Waals surface area contributed by atoms with Crippen LogP contribution in [0, 0.1) is 23.7 Å². The number of nitrogens with one attached hydrogen (secondary N) is 1. The highest BCUT2D eigenvalue weighted by atomic mass is 16.7. The van der Waals surface area contributed by atoms with Crippen molar-refractivity contribution in [3.05, 3.63) is 42.0 Å². The van der Waals surface area contributed by atoms with Crippen LogP contribution < -0.4 is 30.0 Å². The van der Waals surface area contributed by atoms with Crippen LogP contribution >= 0.6 is 0 Å². The molecule has 2 aromatic carbocycles. The Morgan fingerprint density at radius 2 is 1.80 bits per heavy atom. The van der Waals surface area contributed by atoms with Crippen LogP contribution in [0.2, 0.25) is 0 Å². The van der Waals surface area contributed by atoms with E-state index in [-0.39, 0.29) is 31.0 Å². The average Bonchev–Trinajstić information content (AvgIpc) is 3.43. The van der Waals surface area contributed by atoms with E-state index in [1.54, 1.807) is 26.4 Å². The molecule has 4 N–H and O–H groups in total. The SMILES string of the molecule is COCCCOc1cc(CC(CC(N)C(O)CC(C(=O)Nc2cccc3c2OCO3)C(C)C)C(C)C)ccc1OC. The van der Waals surface area contributed by atoms with Crippen molar-refractivity contribution in [1.29, 1.82) is 0 Å². The number of methoxy groups -OCH3 is 2. The summed E-state index contributed by atoms with van der Waals surface area (Å²) in [7, 11) is 3.31. The van der Waals surface area contributed by atoms with Gasteiger partial charge in [0.05, 0.1) is 25.5 Å². The molecule has 2 aromatic rings. The molecular weight excluding hydrogens is 524 g/mol. The Morgan fingerprint density at radius 1 is 1.02 bits per heavy atom. The van der Waals surface area contributed by atoms with Crippen LogP contribution in [0.5, 0.6) is 23.0 Å². The highest BCUT2D eigenvalue weighted by molar-refractivity contribution is 5.94. The summed E-state index contributed by atoms with van der Waals surface area (Å²) in [5.41, 5.74) is 8.26. The largest absolute Gasteiger partial charge is 0.493 e. The summed E-state index contributed by atoms with van der Waals surface area (Å²) in [6, 6.07) is 10.9. The number of benzene rings is 2. The van der Waals surface area contributed by atoms with Crippen LogP contribution in [-0.2, 0) is 16.0 Å². The molecule has 1 aliphatic rings. The Morgan fingerprint density at radius 3 is 2.49 bits per heavy atom.